The van der Waals surface area contributed by atoms with E-state index < -0.39 is 0 Å². The van der Waals surface area contributed by atoms with E-state index >= 15 is 0 Å². The molecule has 3 aromatic carbocycles. The van der Waals surface area contributed by atoms with E-state index in [1.165, 1.54) is 11.1 Å². The van der Waals surface area contributed by atoms with Gasteiger partial charge in [0.25, 0.3) is 0 Å². The number of benzene rings is 3. The quantitative estimate of drug-likeness (QED) is 0.352. The summed E-state index contributed by atoms with van der Waals surface area (Å²) in [5.74, 6) is 0. The smallest absolute Gasteiger partial charge is 0.220 e. The van der Waals surface area contributed by atoms with Crippen molar-refractivity contribution in [1.82, 2.24) is 4.91 Å². The number of hydrogen-bond acceptors (Lipinski definition) is 4. The Morgan fingerprint density at radius 2 is 1.62 bits per heavy atom. The largest absolute Gasteiger partial charge is 0.372 e. The first kappa shape index (κ1) is 17.5. The maximum atomic E-state index is 6.77. The van der Waals surface area contributed by atoms with Crippen molar-refractivity contribution < 1.29 is 0 Å². The zero-order valence-electron chi connectivity index (χ0n) is 15.1. The van der Waals surface area contributed by atoms with Gasteiger partial charge in [-0.25, -0.2) is 0 Å². The molecule has 3 aromatic rings. The third kappa shape index (κ3) is 3.68. The predicted molar refractivity (Wildman–Crippen MR) is 108 cm³/mol. The van der Waals surface area contributed by atoms with Crippen LogP contribution in [0.5, 0.6) is 0 Å². The Balaban J connectivity index is 1.98. The molecule has 3 rings (SSSR count). The Morgan fingerprint density at radius 3 is 2.27 bits per heavy atom. The maximum absolute atomic E-state index is 6.77. The van der Waals surface area contributed by atoms with Crippen LogP contribution in [0.25, 0.3) is 10.8 Å². The Morgan fingerprint density at radius 1 is 0.923 bits per heavy atom. The van der Waals surface area contributed by atoms with Gasteiger partial charge in [-0.05, 0) is 43.7 Å². The first-order valence-corrected chi connectivity index (χ1v) is 8.75. The third-order valence-corrected chi connectivity index (χ3v) is 4.39. The van der Waals surface area contributed by atoms with Crippen molar-refractivity contribution in [2.75, 3.05) is 18.0 Å². The second kappa shape index (κ2) is 8.19. The van der Waals surface area contributed by atoms with Crippen molar-refractivity contribution in [3.05, 3.63) is 66.2 Å². The molecule has 5 heteroatoms. The molecule has 0 atom stereocenters. The second-order valence-electron chi connectivity index (χ2n) is 5.87. The summed E-state index contributed by atoms with van der Waals surface area (Å²) in [7, 11) is 0. The van der Waals surface area contributed by atoms with Crippen LogP contribution in [0.4, 0.5) is 17.1 Å². The van der Waals surface area contributed by atoms with Crippen molar-refractivity contribution in [2.24, 2.45) is 10.1 Å². The van der Waals surface area contributed by atoms with Crippen LogP contribution < -0.4 is 9.81 Å². The third-order valence-electron chi connectivity index (χ3n) is 4.39. The monoisotopic (exact) mass is 344 g/mol. The van der Waals surface area contributed by atoms with Gasteiger partial charge in [-0.15, -0.1) is 0 Å². The molecular formula is C21H22N5+. The van der Waals surface area contributed by atoms with Crippen molar-refractivity contribution in [2.45, 2.75) is 13.8 Å². The van der Waals surface area contributed by atoms with E-state index in [1.807, 2.05) is 36.5 Å². The van der Waals surface area contributed by atoms with E-state index in [1.54, 1.807) is 0 Å². The average molecular weight is 344 g/mol. The van der Waals surface area contributed by atoms with Gasteiger partial charge in [0.2, 0.25) is 4.91 Å². The lowest BCUT2D eigenvalue weighted by Gasteiger charge is -2.23. The molecular weight excluding hydrogens is 322 g/mol. The summed E-state index contributed by atoms with van der Waals surface area (Å²) in [5.41, 5.74) is 10.6. The zero-order valence-corrected chi connectivity index (χ0v) is 15.1. The minimum atomic E-state index is 0.658. The normalized spacial score (nSPS) is 10.8. The lowest BCUT2D eigenvalue weighted by Crippen LogP contribution is -2.21. The average Bonchev–Trinajstić information content (AvgIpc) is 2.69. The van der Waals surface area contributed by atoms with E-state index in [-0.39, 0.29) is 0 Å². The van der Waals surface area contributed by atoms with E-state index in [2.05, 4.69) is 59.1 Å². The summed E-state index contributed by atoms with van der Waals surface area (Å²) >= 11 is 0. The molecule has 0 spiro atoms. The highest BCUT2D eigenvalue weighted by atomic mass is 15.1. The highest BCUT2D eigenvalue weighted by Gasteiger charge is 2.09. The Labute approximate surface area is 153 Å². The van der Waals surface area contributed by atoms with Crippen molar-refractivity contribution in [3.63, 3.8) is 0 Å². The van der Waals surface area contributed by atoms with E-state index in [9.17, 15) is 0 Å². The van der Waals surface area contributed by atoms with Crippen molar-refractivity contribution >= 4 is 34.0 Å². The highest BCUT2D eigenvalue weighted by Crippen LogP contribution is 2.33. The zero-order chi connectivity index (χ0) is 18.4. The number of rotatable bonds is 6. The molecule has 0 saturated heterocycles. The molecule has 0 bridgehead atoms. The standard InChI is InChI=1S/C21H22N5/c1-3-26(4-2)21-14-13-20(18-7-5-6-8-19(18)21)23-15-16-9-11-17(12-10-16)24-25-22/h5-15,22H,3-4H2,1-2H3/q+1. The molecule has 0 aliphatic heterocycles. The van der Waals surface area contributed by atoms with Crippen LogP contribution >= 0.6 is 0 Å². The number of nitrogens with one attached hydrogen (secondary N) is 1. The molecule has 0 aliphatic rings. The van der Waals surface area contributed by atoms with Gasteiger partial charge in [0.1, 0.15) is 5.53 Å². The summed E-state index contributed by atoms with van der Waals surface area (Å²) in [6, 6.07) is 20.1. The number of anilines is 1. The van der Waals surface area contributed by atoms with Crippen LogP contribution in [-0.4, -0.2) is 19.3 Å². The fourth-order valence-electron chi connectivity index (χ4n) is 3.05. The molecule has 0 heterocycles. The minimum Gasteiger partial charge on any atom is -0.372 e. The number of aliphatic imine (C=N–C) groups is 1. The van der Waals surface area contributed by atoms with Gasteiger partial charge in [0, 0.05) is 35.8 Å². The first-order valence-electron chi connectivity index (χ1n) is 8.75. The molecule has 1 N–H and O–H groups in total. The fourth-order valence-corrected chi connectivity index (χ4v) is 3.05. The van der Waals surface area contributed by atoms with E-state index in [4.69, 9.17) is 10.5 Å². The molecule has 130 valence electrons. The summed E-state index contributed by atoms with van der Waals surface area (Å²) in [5, 5.41) is 6.06. The Hall–Kier alpha value is -3.30. The summed E-state index contributed by atoms with van der Waals surface area (Å²) < 4.78 is 0. The van der Waals surface area contributed by atoms with Gasteiger partial charge < -0.3 is 4.90 Å². The Kier molecular flexibility index (Phi) is 5.52. The maximum Gasteiger partial charge on any atom is 0.220 e. The number of fused-ring (bicyclic) bond motifs is 1. The van der Waals surface area contributed by atoms with Gasteiger partial charge in [-0.1, -0.05) is 36.4 Å². The molecule has 26 heavy (non-hydrogen) atoms. The molecule has 5 nitrogen and oxygen atoms in total. The van der Waals surface area contributed by atoms with E-state index in [0.29, 0.717) is 5.69 Å². The second-order valence-corrected chi connectivity index (χ2v) is 5.87. The number of nitrogens with zero attached hydrogens (tertiary/aromatic N) is 4. The molecule has 0 saturated carbocycles. The topological polar surface area (TPSA) is 65.9 Å². The molecule has 0 aliphatic carbocycles. The predicted octanol–water partition coefficient (Wildman–Crippen LogP) is 5.62. The van der Waals surface area contributed by atoms with Gasteiger partial charge >= 0.3 is 0 Å². The molecule has 0 aromatic heterocycles. The SMILES string of the molecule is CCN(CC)c1ccc(N=Cc2ccc(N=[N+]=N)cc2)c2ccccc12. The molecule has 0 fully saturated rings. The van der Waals surface area contributed by atoms with Crippen molar-refractivity contribution in [1.29, 1.82) is 5.53 Å². The van der Waals surface area contributed by atoms with Gasteiger partial charge in [-0.2, -0.15) is 0 Å². The van der Waals surface area contributed by atoms with E-state index in [0.717, 1.165) is 29.7 Å². The molecule has 0 unspecified atom stereocenters. The van der Waals surface area contributed by atoms with Gasteiger partial charge in [-0.3, -0.25) is 4.99 Å². The summed E-state index contributed by atoms with van der Waals surface area (Å²) in [4.78, 5) is 10.1. The van der Waals surface area contributed by atoms with Crippen LogP contribution in [0.1, 0.15) is 19.4 Å². The molecule has 0 amide bonds. The van der Waals surface area contributed by atoms with Crippen LogP contribution in [-0.2, 0) is 0 Å². The molecule has 0 radical (unpaired) electrons. The van der Waals surface area contributed by atoms with Gasteiger partial charge in [0.05, 0.1) is 5.69 Å². The van der Waals surface area contributed by atoms with Crippen LogP contribution in [0.2, 0.25) is 0 Å². The van der Waals surface area contributed by atoms with Crippen LogP contribution in [0, 0.1) is 5.53 Å². The summed E-state index contributed by atoms with van der Waals surface area (Å²) in [6.45, 7) is 6.30. The first-order chi connectivity index (χ1) is 12.8. The lowest BCUT2D eigenvalue weighted by molar-refractivity contribution is 0.870. The van der Waals surface area contributed by atoms with Gasteiger partial charge in [0.15, 0.2) is 10.8 Å². The number of hydrogen-bond donors (Lipinski definition) is 1. The Bertz CT molecular complexity index is 965. The van der Waals surface area contributed by atoms with Crippen LogP contribution in [0.3, 0.4) is 0 Å². The highest BCUT2D eigenvalue weighted by molar-refractivity contribution is 6.02. The fraction of sp³-hybridized carbons (Fsp3) is 0.190. The van der Waals surface area contributed by atoms with Crippen LogP contribution in [0.15, 0.2) is 70.8 Å². The minimum absolute atomic E-state index is 0.658. The lowest BCUT2D eigenvalue weighted by atomic mass is 10.1. The van der Waals surface area contributed by atoms with Crippen molar-refractivity contribution in [3.8, 4) is 0 Å². The summed E-state index contributed by atoms with van der Waals surface area (Å²) in [6.07, 6.45) is 1.85.